The Kier molecular flexibility index (Phi) is 7.09. The topological polar surface area (TPSA) is 15.3 Å². The monoisotopic (exact) mass is 376 g/mol. The highest BCUT2D eigenvalue weighted by Crippen LogP contribution is 2.37. The molecule has 4 rings (SSSR count). The first-order valence-corrected chi connectivity index (χ1v) is 8.73. The molecule has 1 N–H and O–H groups in total. The second-order valence-corrected chi connectivity index (χ2v) is 6.44. The van der Waals surface area contributed by atoms with E-state index in [0.717, 1.165) is 32.6 Å². The van der Waals surface area contributed by atoms with Gasteiger partial charge in [0.15, 0.2) is 0 Å². The predicted molar refractivity (Wildman–Crippen MR) is 113 cm³/mol. The number of nitrogens with one attached hydrogen (secondary N) is 1. The Labute approximate surface area is 162 Å². The summed E-state index contributed by atoms with van der Waals surface area (Å²) in [5.74, 6) is 0. The number of piperazine rings is 1. The van der Waals surface area contributed by atoms with Crippen LogP contribution >= 0.6 is 24.8 Å². The summed E-state index contributed by atoms with van der Waals surface area (Å²) >= 11 is 0. The molecule has 1 atom stereocenters. The summed E-state index contributed by atoms with van der Waals surface area (Å²) in [7, 11) is 0. The first-order chi connectivity index (χ1) is 11.4. The Hall–Kier alpha value is -1.32. The van der Waals surface area contributed by atoms with Crippen molar-refractivity contribution in [3.05, 3.63) is 60.2 Å². The van der Waals surface area contributed by atoms with Gasteiger partial charge in [0.05, 0.1) is 0 Å². The fraction of sp³-hybridized carbons (Fsp3) is 0.333. The van der Waals surface area contributed by atoms with Crippen LogP contribution in [0.4, 0.5) is 0 Å². The molecule has 0 aromatic heterocycles. The summed E-state index contributed by atoms with van der Waals surface area (Å²) in [5.41, 5.74) is 1.52. The predicted octanol–water partition coefficient (Wildman–Crippen LogP) is 5.19. The van der Waals surface area contributed by atoms with E-state index >= 15 is 0 Å². The van der Waals surface area contributed by atoms with Gasteiger partial charge < -0.3 is 5.32 Å². The lowest BCUT2D eigenvalue weighted by molar-refractivity contribution is 0.171. The van der Waals surface area contributed by atoms with Gasteiger partial charge in [0.2, 0.25) is 0 Å². The lowest BCUT2D eigenvalue weighted by Crippen LogP contribution is -2.45. The molecule has 1 aliphatic heterocycles. The SMILES string of the molecule is CC[C@H](c1c2ccccc2cc2ccccc12)N1CCNCC1.Cl.Cl. The van der Waals surface area contributed by atoms with Crippen LogP contribution in [-0.4, -0.2) is 31.1 Å². The van der Waals surface area contributed by atoms with Gasteiger partial charge in [0, 0.05) is 32.2 Å². The largest absolute Gasteiger partial charge is 0.314 e. The molecule has 3 aromatic rings. The molecular formula is C21H26Cl2N2. The van der Waals surface area contributed by atoms with Gasteiger partial charge in [-0.3, -0.25) is 4.90 Å². The van der Waals surface area contributed by atoms with E-state index in [2.05, 4.69) is 71.7 Å². The van der Waals surface area contributed by atoms with Gasteiger partial charge in [-0.1, -0.05) is 55.5 Å². The molecule has 134 valence electrons. The maximum atomic E-state index is 3.48. The fourth-order valence-corrected chi connectivity index (χ4v) is 4.05. The van der Waals surface area contributed by atoms with E-state index in [9.17, 15) is 0 Å². The van der Waals surface area contributed by atoms with Crippen molar-refractivity contribution < 1.29 is 0 Å². The van der Waals surface area contributed by atoms with Crippen molar-refractivity contribution in [2.45, 2.75) is 19.4 Å². The van der Waals surface area contributed by atoms with Gasteiger partial charge in [0.1, 0.15) is 0 Å². The second kappa shape index (κ2) is 8.86. The molecule has 0 spiro atoms. The molecule has 25 heavy (non-hydrogen) atoms. The lowest BCUT2D eigenvalue weighted by Gasteiger charge is -2.36. The highest BCUT2D eigenvalue weighted by Gasteiger charge is 2.24. The zero-order valence-corrected chi connectivity index (χ0v) is 16.2. The highest BCUT2D eigenvalue weighted by molar-refractivity contribution is 6.02. The normalized spacial score (nSPS) is 16.2. The molecule has 0 aliphatic carbocycles. The summed E-state index contributed by atoms with van der Waals surface area (Å²) in [5, 5.41) is 9.02. The minimum Gasteiger partial charge on any atom is -0.314 e. The number of rotatable bonds is 3. The van der Waals surface area contributed by atoms with Gasteiger partial charge in [-0.05, 0) is 39.6 Å². The van der Waals surface area contributed by atoms with E-state index in [1.165, 1.54) is 27.1 Å². The van der Waals surface area contributed by atoms with E-state index in [1.54, 1.807) is 0 Å². The summed E-state index contributed by atoms with van der Waals surface area (Å²) in [4.78, 5) is 2.66. The van der Waals surface area contributed by atoms with Crippen molar-refractivity contribution in [2.75, 3.05) is 26.2 Å². The molecule has 0 amide bonds. The summed E-state index contributed by atoms with van der Waals surface area (Å²) in [6.07, 6.45) is 1.15. The van der Waals surface area contributed by atoms with E-state index in [4.69, 9.17) is 0 Å². The Bertz CT molecular complexity index is 774. The average molecular weight is 377 g/mol. The molecule has 4 heteroatoms. The Balaban J connectivity index is 0.00000113. The standard InChI is InChI=1S/C21H24N2.2ClH/c1-2-20(23-13-11-22-12-14-23)21-18-9-5-3-7-16(18)15-17-8-4-6-10-19(17)21;;/h3-10,15,20,22H,2,11-14H2,1H3;2*1H/t20-;;/m1../s1. The number of fused-ring (bicyclic) bond motifs is 2. The minimum atomic E-state index is 0. The van der Waals surface area contributed by atoms with Gasteiger partial charge in [0.25, 0.3) is 0 Å². The van der Waals surface area contributed by atoms with E-state index in [-0.39, 0.29) is 24.8 Å². The van der Waals surface area contributed by atoms with Crippen LogP contribution < -0.4 is 5.32 Å². The Morgan fingerprint density at radius 2 is 1.40 bits per heavy atom. The van der Waals surface area contributed by atoms with E-state index in [0.29, 0.717) is 6.04 Å². The van der Waals surface area contributed by atoms with Crippen LogP contribution in [0.3, 0.4) is 0 Å². The van der Waals surface area contributed by atoms with Crippen molar-refractivity contribution >= 4 is 46.4 Å². The first-order valence-electron chi connectivity index (χ1n) is 8.73. The van der Waals surface area contributed by atoms with Crippen LogP contribution in [0.1, 0.15) is 24.9 Å². The molecule has 1 aliphatic rings. The third-order valence-corrected chi connectivity index (χ3v) is 5.13. The summed E-state index contributed by atoms with van der Waals surface area (Å²) in [6.45, 7) is 6.79. The highest BCUT2D eigenvalue weighted by atomic mass is 35.5. The van der Waals surface area contributed by atoms with E-state index in [1.807, 2.05) is 0 Å². The smallest absolute Gasteiger partial charge is 0.0358 e. The molecule has 1 heterocycles. The van der Waals surface area contributed by atoms with Crippen molar-refractivity contribution in [1.29, 1.82) is 0 Å². The number of hydrogen-bond acceptors (Lipinski definition) is 2. The van der Waals surface area contributed by atoms with Crippen molar-refractivity contribution in [1.82, 2.24) is 10.2 Å². The molecule has 1 fully saturated rings. The third kappa shape index (κ3) is 3.78. The molecule has 1 saturated heterocycles. The summed E-state index contributed by atoms with van der Waals surface area (Å²) < 4.78 is 0. The molecular weight excluding hydrogens is 351 g/mol. The van der Waals surface area contributed by atoms with E-state index < -0.39 is 0 Å². The number of hydrogen-bond donors (Lipinski definition) is 1. The van der Waals surface area contributed by atoms with Crippen molar-refractivity contribution in [3.8, 4) is 0 Å². The zero-order chi connectivity index (χ0) is 15.6. The van der Waals surface area contributed by atoms with Crippen LogP contribution in [-0.2, 0) is 0 Å². The zero-order valence-electron chi connectivity index (χ0n) is 14.6. The first kappa shape index (κ1) is 20.0. The Morgan fingerprint density at radius 3 is 1.92 bits per heavy atom. The number of benzene rings is 3. The van der Waals surface area contributed by atoms with Crippen molar-refractivity contribution in [2.24, 2.45) is 0 Å². The molecule has 0 unspecified atom stereocenters. The maximum Gasteiger partial charge on any atom is 0.0358 e. The van der Waals surface area contributed by atoms with Gasteiger partial charge in [-0.25, -0.2) is 0 Å². The average Bonchev–Trinajstić information content (AvgIpc) is 2.62. The molecule has 0 saturated carbocycles. The second-order valence-electron chi connectivity index (χ2n) is 6.44. The number of nitrogens with zero attached hydrogens (tertiary/aromatic N) is 1. The van der Waals surface area contributed by atoms with Gasteiger partial charge in [-0.15, -0.1) is 24.8 Å². The Morgan fingerprint density at radius 1 is 0.880 bits per heavy atom. The number of halogens is 2. The van der Waals surface area contributed by atoms with Crippen LogP contribution in [0.2, 0.25) is 0 Å². The van der Waals surface area contributed by atoms with Gasteiger partial charge >= 0.3 is 0 Å². The quantitative estimate of drug-likeness (QED) is 0.632. The molecule has 0 bridgehead atoms. The molecule has 2 nitrogen and oxygen atoms in total. The van der Waals surface area contributed by atoms with Crippen LogP contribution in [0.5, 0.6) is 0 Å². The minimum absolute atomic E-state index is 0. The van der Waals surface area contributed by atoms with Crippen LogP contribution in [0, 0.1) is 0 Å². The fourth-order valence-electron chi connectivity index (χ4n) is 4.05. The van der Waals surface area contributed by atoms with Crippen LogP contribution in [0.15, 0.2) is 54.6 Å². The van der Waals surface area contributed by atoms with Crippen LogP contribution in [0.25, 0.3) is 21.5 Å². The molecule has 3 aromatic carbocycles. The lowest BCUT2D eigenvalue weighted by atomic mass is 9.90. The third-order valence-electron chi connectivity index (χ3n) is 5.13. The van der Waals surface area contributed by atoms with Gasteiger partial charge in [-0.2, -0.15) is 0 Å². The molecule has 0 radical (unpaired) electrons. The van der Waals surface area contributed by atoms with Crippen molar-refractivity contribution in [3.63, 3.8) is 0 Å². The summed E-state index contributed by atoms with van der Waals surface area (Å²) in [6, 6.07) is 20.5. The maximum absolute atomic E-state index is 3.48.